The van der Waals surface area contributed by atoms with Gasteiger partial charge in [0.2, 0.25) is 0 Å². The molecule has 0 aromatic heterocycles. The van der Waals surface area contributed by atoms with E-state index in [0.29, 0.717) is 18.8 Å². The zero-order valence-electron chi connectivity index (χ0n) is 27.8. The first-order chi connectivity index (χ1) is 20.3. The molecule has 9 heteroatoms. The van der Waals surface area contributed by atoms with Crippen molar-refractivity contribution in [2.45, 2.75) is 166 Å². The Morgan fingerprint density at radius 2 is 1.45 bits per heavy atom. The minimum absolute atomic E-state index is 0.00753. The fourth-order valence-electron chi connectivity index (χ4n) is 13.4. The predicted molar refractivity (Wildman–Crippen MR) is 161 cm³/mol. The number of aliphatic hydroxyl groups excluding tert-OH is 5. The summed E-state index contributed by atoms with van der Waals surface area (Å²) in [5, 5.41) is 65.5. The Kier molecular flexibility index (Phi) is 7.04. The van der Waals surface area contributed by atoms with Gasteiger partial charge in [-0.2, -0.15) is 0 Å². The van der Waals surface area contributed by atoms with Crippen LogP contribution in [0.25, 0.3) is 0 Å². The van der Waals surface area contributed by atoms with E-state index in [1.54, 1.807) is 0 Å². The lowest BCUT2D eigenvalue weighted by Gasteiger charge is -2.64. The zero-order chi connectivity index (χ0) is 32.0. The van der Waals surface area contributed by atoms with Gasteiger partial charge in [-0.25, -0.2) is 0 Å². The average molecular weight is 623 g/mol. The van der Waals surface area contributed by atoms with Crippen LogP contribution in [0.15, 0.2) is 0 Å². The molecular formula is C35H58O9. The van der Waals surface area contributed by atoms with E-state index in [1.165, 1.54) is 0 Å². The number of hydrogen-bond donors (Lipinski definition) is 6. The van der Waals surface area contributed by atoms with Crippen LogP contribution in [-0.2, 0) is 14.2 Å². The van der Waals surface area contributed by atoms with Crippen LogP contribution >= 0.6 is 0 Å². The van der Waals surface area contributed by atoms with Crippen molar-refractivity contribution in [2.24, 2.45) is 44.8 Å². The topological polar surface area (TPSA) is 149 Å². The summed E-state index contributed by atoms with van der Waals surface area (Å²) in [4.78, 5) is 0. The van der Waals surface area contributed by atoms with Gasteiger partial charge in [-0.05, 0) is 117 Å². The smallest absolute Gasteiger partial charge is 0.186 e. The van der Waals surface area contributed by atoms with Gasteiger partial charge in [0.1, 0.15) is 18.3 Å². The quantitative estimate of drug-likeness (QED) is 0.260. The maximum absolute atomic E-state index is 12.1. The zero-order valence-corrected chi connectivity index (χ0v) is 27.8. The van der Waals surface area contributed by atoms with Gasteiger partial charge < -0.3 is 44.8 Å². The maximum Gasteiger partial charge on any atom is 0.186 e. The van der Waals surface area contributed by atoms with Crippen molar-refractivity contribution in [2.75, 3.05) is 6.61 Å². The molecule has 252 valence electrons. The monoisotopic (exact) mass is 622 g/mol. The maximum atomic E-state index is 12.1. The molecular weight excluding hydrogens is 564 g/mol. The minimum Gasteiger partial charge on any atom is -0.393 e. The Morgan fingerprint density at radius 1 is 0.750 bits per heavy atom. The summed E-state index contributed by atoms with van der Waals surface area (Å²) in [6.07, 6.45) is 1.57. The van der Waals surface area contributed by atoms with Crippen LogP contribution in [0.1, 0.15) is 106 Å². The lowest BCUT2D eigenvalue weighted by molar-refractivity contribution is -0.306. The summed E-state index contributed by atoms with van der Waals surface area (Å²) in [7, 11) is 0. The third-order valence-electron chi connectivity index (χ3n) is 15.5. The van der Waals surface area contributed by atoms with Gasteiger partial charge in [0, 0.05) is 5.92 Å². The highest BCUT2D eigenvalue weighted by Crippen LogP contribution is 2.89. The second-order valence-electron chi connectivity index (χ2n) is 18.3. The predicted octanol–water partition coefficient (Wildman–Crippen LogP) is 2.90. The van der Waals surface area contributed by atoms with Crippen LogP contribution in [-0.4, -0.2) is 97.5 Å². The second kappa shape index (κ2) is 9.63. The van der Waals surface area contributed by atoms with Crippen molar-refractivity contribution in [3.63, 3.8) is 0 Å². The highest BCUT2D eigenvalue weighted by atomic mass is 16.7. The van der Waals surface area contributed by atoms with Gasteiger partial charge in [0.15, 0.2) is 6.29 Å². The minimum atomic E-state index is -1.33. The molecule has 2 spiro atoms. The lowest BCUT2D eigenvalue weighted by atomic mass is 9.41. The van der Waals surface area contributed by atoms with Crippen molar-refractivity contribution < 1.29 is 44.8 Å². The van der Waals surface area contributed by atoms with Gasteiger partial charge in [-0.15, -0.1) is 0 Å². The molecule has 44 heavy (non-hydrogen) atoms. The van der Waals surface area contributed by atoms with Crippen molar-refractivity contribution >= 4 is 0 Å². The summed E-state index contributed by atoms with van der Waals surface area (Å²) in [5.74, 6) is 0.285. The molecule has 0 amide bonds. The Hall–Kier alpha value is -0.360. The van der Waals surface area contributed by atoms with Crippen molar-refractivity contribution in [3.8, 4) is 0 Å². The average Bonchev–Trinajstić information content (AvgIpc) is 3.27. The van der Waals surface area contributed by atoms with Gasteiger partial charge >= 0.3 is 0 Å². The standard InChI is InChI=1S/C35H58O9/c1-29(2)22(43-28-25(40)24(39)20(38)16-42-28)9-11-35-17-34(35)13-12-31(5)27(33(7)10-8-23(44-33)30(3,4)41)19(37)15-32(31,6)21(34)14-18(36)26(29)35/h18-28,36-41H,8-17H2,1-7H3/t18-,19-,20+,21?,22-,23-,24-,25+,26?,27-,28-,31+,32-,33+,34-,35+/m0/s1. The molecule has 5 aliphatic carbocycles. The Morgan fingerprint density at radius 3 is 2.11 bits per heavy atom. The third-order valence-corrected chi connectivity index (χ3v) is 15.5. The molecule has 16 atom stereocenters. The number of rotatable bonds is 4. The van der Waals surface area contributed by atoms with Crippen molar-refractivity contribution in [3.05, 3.63) is 0 Å². The highest BCUT2D eigenvalue weighted by Gasteiger charge is 2.85. The van der Waals surface area contributed by atoms with E-state index in [-0.39, 0.29) is 52.3 Å². The van der Waals surface area contributed by atoms with E-state index in [9.17, 15) is 30.6 Å². The lowest BCUT2D eigenvalue weighted by Crippen LogP contribution is -2.63. The Bertz CT molecular complexity index is 1160. The van der Waals surface area contributed by atoms with Crippen LogP contribution in [0.4, 0.5) is 0 Å². The van der Waals surface area contributed by atoms with Gasteiger partial charge in [0.25, 0.3) is 0 Å². The fraction of sp³-hybridized carbons (Fsp3) is 1.00. The molecule has 2 aliphatic heterocycles. The highest BCUT2D eigenvalue weighted by molar-refractivity contribution is 5.33. The largest absolute Gasteiger partial charge is 0.393 e. The molecule has 2 heterocycles. The molecule has 0 aromatic carbocycles. The van der Waals surface area contributed by atoms with Gasteiger partial charge in [0.05, 0.1) is 42.2 Å². The molecule has 2 unspecified atom stereocenters. The summed E-state index contributed by atoms with van der Waals surface area (Å²) in [6, 6.07) is 0. The summed E-state index contributed by atoms with van der Waals surface area (Å²) in [5.41, 5.74) is -2.01. The van der Waals surface area contributed by atoms with Crippen molar-refractivity contribution in [1.82, 2.24) is 0 Å². The van der Waals surface area contributed by atoms with Crippen LogP contribution in [0.5, 0.6) is 0 Å². The number of aliphatic hydroxyl groups is 6. The molecule has 7 aliphatic rings. The van der Waals surface area contributed by atoms with Crippen molar-refractivity contribution in [1.29, 1.82) is 0 Å². The van der Waals surface area contributed by atoms with Gasteiger partial charge in [-0.1, -0.05) is 27.7 Å². The molecule has 7 rings (SSSR count). The first kappa shape index (κ1) is 32.2. The van der Waals surface area contributed by atoms with E-state index in [2.05, 4.69) is 34.6 Å². The molecule has 6 N–H and O–H groups in total. The van der Waals surface area contributed by atoms with Crippen LogP contribution in [0.2, 0.25) is 0 Å². The molecule has 7 fully saturated rings. The molecule has 2 saturated heterocycles. The fourth-order valence-corrected chi connectivity index (χ4v) is 13.4. The summed E-state index contributed by atoms with van der Waals surface area (Å²) in [6.45, 7) is 14.8. The third kappa shape index (κ3) is 3.97. The Labute approximate surface area is 262 Å². The van der Waals surface area contributed by atoms with Crippen LogP contribution in [0, 0.1) is 44.8 Å². The first-order valence-corrected chi connectivity index (χ1v) is 17.4. The molecule has 0 bridgehead atoms. The summed E-state index contributed by atoms with van der Waals surface area (Å²) < 4.78 is 18.7. The van der Waals surface area contributed by atoms with Crippen LogP contribution in [0.3, 0.4) is 0 Å². The van der Waals surface area contributed by atoms with E-state index >= 15 is 0 Å². The number of fused-ring (bicyclic) bond motifs is 2. The summed E-state index contributed by atoms with van der Waals surface area (Å²) >= 11 is 0. The van der Waals surface area contributed by atoms with E-state index < -0.39 is 53.4 Å². The van der Waals surface area contributed by atoms with E-state index in [4.69, 9.17) is 14.2 Å². The molecule has 5 saturated carbocycles. The molecule has 9 nitrogen and oxygen atoms in total. The number of hydrogen-bond acceptors (Lipinski definition) is 9. The first-order valence-electron chi connectivity index (χ1n) is 17.4. The number of ether oxygens (including phenoxy) is 3. The van der Waals surface area contributed by atoms with E-state index in [0.717, 1.165) is 44.9 Å². The van der Waals surface area contributed by atoms with E-state index in [1.807, 2.05) is 13.8 Å². The second-order valence-corrected chi connectivity index (χ2v) is 18.3. The van der Waals surface area contributed by atoms with Crippen LogP contribution < -0.4 is 0 Å². The Balaban J connectivity index is 1.15. The molecule has 0 radical (unpaired) electrons. The molecule has 0 aromatic rings. The normalized spacial score (nSPS) is 59.8. The van der Waals surface area contributed by atoms with Gasteiger partial charge in [-0.3, -0.25) is 0 Å². The SMILES string of the molecule is CC(C)(O)[C@@H]1CC[C@](C)([C@H]2[C@@H](O)C[C@@]3(C)C4C[C@H](O)C5C(C)(C)[C@@H](O[C@@H]6OC[C@@H](O)[C@H](O)[C@H]6O)CC[C@@]56C[C@@]46CC[C@]23C)O1.